The lowest BCUT2D eigenvalue weighted by Gasteiger charge is -2.26. The Hall–Kier alpha value is -1.09. The molecule has 0 bridgehead atoms. The maximum absolute atomic E-state index is 5.89. The van der Waals surface area contributed by atoms with Crippen molar-refractivity contribution in [3.8, 4) is 5.88 Å². The number of hydrogen-bond donors (Lipinski definition) is 1. The lowest BCUT2D eigenvalue weighted by Crippen LogP contribution is -2.23. The van der Waals surface area contributed by atoms with Crippen molar-refractivity contribution < 1.29 is 4.74 Å². The Morgan fingerprint density at radius 3 is 2.53 bits per heavy atom. The van der Waals surface area contributed by atoms with E-state index in [0.717, 1.165) is 30.2 Å². The van der Waals surface area contributed by atoms with E-state index >= 15 is 0 Å². The number of rotatable bonds is 3. The Bertz CT molecular complexity index is 340. The van der Waals surface area contributed by atoms with E-state index in [4.69, 9.17) is 10.5 Å². The van der Waals surface area contributed by atoms with E-state index in [1.165, 1.54) is 12.8 Å². The summed E-state index contributed by atoms with van der Waals surface area (Å²) in [5.41, 5.74) is 6.83. The molecular formula is C14H22N2O. The van der Waals surface area contributed by atoms with Crippen LogP contribution in [0.25, 0.3) is 0 Å². The number of nitrogens with two attached hydrogens (primary N) is 1. The van der Waals surface area contributed by atoms with Crippen LogP contribution in [-0.4, -0.2) is 11.1 Å². The van der Waals surface area contributed by atoms with Gasteiger partial charge in [-0.2, -0.15) is 0 Å². The van der Waals surface area contributed by atoms with Crippen molar-refractivity contribution in [1.82, 2.24) is 4.98 Å². The molecule has 2 rings (SSSR count). The number of aromatic nitrogens is 1. The molecule has 0 radical (unpaired) electrons. The van der Waals surface area contributed by atoms with Gasteiger partial charge in [-0.15, -0.1) is 0 Å². The zero-order valence-electron chi connectivity index (χ0n) is 10.7. The van der Waals surface area contributed by atoms with Crippen LogP contribution < -0.4 is 10.5 Å². The molecule has 17 heavy (non-hydrogen) atoms. The SMILES string of the molecule is CC1CCC(Oc2ccc([C@H](C)N)cn2)CC1. The average Bonchev–Trinajstić information content (AvgIpc) is 2.33. The van der Waals surface area contributed by atoms with Gasteiger partial charge >= 0.3 is 0 Å². The van der Waals surface area contributed by atoms with E-state index in [9.17, 15) is 0 Å². The summed E-state index contributed by atoms with van der Waals surface area (Å²) in [6.45, 7) is 4.27. The largest absolute Gasteiger partial charge is 0.474 e. The lowest BCUT2D eigenvalue weighted by atomic mass is 9.89. The predicted octanol–water partition coefficient (Wildman–Crippen LogP) is 3.06. The molecule has 1 atom stereocenters. The molecule has 3 nitrogen and oxygen atoms in total. The molecule has 1 heterocycles. The van der Waals surface area contributed by atoms with Crippen molar-refractivity contribution in [2.75, 3.05) is 0 Å². The minimum atomic E-state index is 0.0343. The van der Waals surface area contributed by atoms with Gasteiger partial charge in [0.15, 0.2) is 0 Å². The molecule has 94 valence electrons. The molecule has 2 N–H and O–H groups in total. The third-order valence-electron chi connectivity index (χ3n) is 3.54. The Labute approximate surface area is 103 Å². The van der Waals surface area contributed by atoms with Crippen molar-refractivity contribution in [1.29, 1.82) is 0 Å². The topological polar surface area (TPSA) is 48.1 Å². The minimum absolute atomic E-state index is 0.0343. The van der Waals surface area contributed by atoms with Crippen LogP contribution in [-0.2, 0) is 0 Å². The Balaban J connectivity index is 1.90. The Kier molecular flexibility index (Phi) is 4.00. The van der Waals surface area contributed by atoms with Gasteiger partial charge in [-0.05, 0) is 44.1 Å². The second-order valence-corrected chi connectivity index (χ2v) is 5.22. The number of pyridine rings is 1. The highest BCUT2D eigenvalue weighted by molar-refractivity contribution is 5.20. The normalized spacial score (nSPS) is 26.5. The number of ether oxygens (including phenoxy) is 1. The molecule has 0 amide bonds. The van der Waals surface area contributed by atoms with Crippen molar-refractivity contribution in [3.63, 3.8) is 0 Å². The fourth-order valence-corrected chi connectivity index (χ4v) is 2.25. The maximum Gasteiger partial charge on any atom is 0.213 e. The van der Waals surface area contributed by atoms with Crippen LogP contribution in [0.2, 0.25) is 0 Å². The molecule has 0 saturated heterocycles. The third-order valence-corrected chi connectivity index (χ3v) is 3.54. The second-order valence-electron chi connectivity index (χ2n) is 5.22. The summed E-state index contributed by atoms with van der Waals surface area (Å²) in [5.74, 6) is 1.58. The summed E-state index contributed by atoms with van der Waals surface area (Å²) in [4.78, 5) is 4.31. The van der Waals surface area contributed by atoms with Gasteiger partial charge in [0.05, 0.1) is 0 Å². The van der Waals surface area contributed by atoms with E-state index in [0.29, 0.717) is 6.10 Å². The highest BCUT2D eigenvalue weighted by Crippen LogP contribution is 2.26. The Morgan fingerprint density at radius 1 is 1.29 bits per heavy atom. The first-order chi connectivity index (χ1) is 8.15. The molecule has 1 aliphatic carbocycles. The molecule has 0 unspecified atom stereocenters. The number of nitrogens with zero attached hydrogens (tertiary/aromatic N) is 1. The summed E-state index contributed by atoms with van der Waals surface area (Å²) >= 11 is 0. The number of hydrogen-bond acceptors (Lipinski definition) is 3. The summed E-state index contributed by atoms with van der Waals surface area (Å²) in [6.07, 6.45) is 6.99. The molecule has 1 aliphatic rings. The molecule has 1 aromatic heterocycles. The van der Waals surface area contributed by atoms with Crippen LogP contribution in [0.4, 0.5) is 0 Å². The Morgan fingerprint density at radius 2 is 2.00 bits per heavy atom. The van der Waals surface area contributed by atoms with E-state index < -0.39 is 0 Å². The van der Waals surface area contributed by atoms with Gasteiger partial charge < -0.3 is 10.5 Å². The van der Waals surface area contributed by atoms with E-state index in [1.807, 2.05) is 25.3 Å². The first-order valence-corrected chi connectivity index (χ1v) is 6.53. The summed E-state index contributed by atoms with van der Waals surface area (Å²) in [6, 6.07) is 3.96. The summed E-state index contributed by atoms with van der Waals surface area (Å²) in [7, 11) is 0. The molecule has 1 fully saturated rings. The minimum Gasteiger partial charge on any atom is -0.474 e. The van der Waals surface area contributed by atoms with Crippen LogP contribution >= 0.6 is 0 Å². The van der Waals surface area contributed by atoms with Crippen molar-refractivity contribution in [2.24, 2.45) is 11.7 Å². The van der Waals surface area contributed by atoms with Crippen molar-refractivity contribution in [2.45, 2.75) is 51.7 Å². The van der Waals surface area contributed by atoms with Gasteiger partial charge in [0, 0.05) is 18.3 Å². The second kappa shape index (κ2) is 5.50. The third kappa shape index (κ3) is 3.43. The fraction of sp³-hybridized carbons (Fsp3) is 0.643. The molecule has 0 aliphatic heterocycles. The van der Waals surface area contributed by atoms with E-state index in [-0.39, 0.29) is 6.04 Å². The van der Waals surface area contributed by atoms with Gasteiger partial charge in [0.25, 0.3) is 0 Å². The zero-order chi connectivity index (χ0) is 12.3. The van der Waals surface area contributed by atoms with Gasteiger partial charge in [0.2, 0.25) is 5.88 Å². The van der Waals surface area contributed by atoms with Gasteiger partial charge in [-0.1, -0.05) is 13.0 Å². The van der Waals surface area contributed by atoms with Crippen molar-refractivity contribution in [3.05, 3.63) is 23.9 Å². The highest BCUT2D eigenvalue weighted by Gasteiger charge is 2.19. The first kappa shape index (κ1) is 12.4. The molecule has 0 aromatic carbocycles. The summed E-state index contributed by atoms with van der Waals surface area (Å²) in [5, 5.41) is 0. The monoisotopic (exact) mass is 234 g/mol. The lowest BCUT2D eigenvalue weighted by molar-refractivity contribution is 0.130. The molecular weight excluding hydrogens is 212 g/mol. The average molecular weight is 234 g/mol. The van der Waals surface area contributed by atoms with Gasteiger partial charge in [-0.25, -0.2) is 4.98 Å². The fourth-order valence-electron chi connectivity index (χ4n) is 2.25. The van der Waals surface area contributed by atoms with Crippen LogP contribution in [0.5, 0.6) is 5.88 Å². The van der Waals surface area contributed by atoms with E-state index in [1.54, 1.807) is 0 Å². The van der Waals surface area contributed by atoms with Gasteiger partial charge in [-0.3, -0.25) is 0 Å². The molecule has 1 aromatic rings. The predicted molar refractivity (Wildman–Crippen MR) is 68.9 cm³/mol. The van der Waals surface area contributed by atoms with Crippen molar-refractivity contribution >= 4 is 0 Å². The summed E-state index contributed by atoms with van der Waals surface area (Å²) < 4.78 is 5.89. The molecule has 3 heteroatoms. The zero-order valence-corrected chi connectivity index (χ0v) is 10.7. The van der Waals surface area contributed by atoms with Crippen LogP contribution in [0, 0.1) is 5.92 Å². The van der Waals surface area contributed by atoms with E-state index in [2.05, 4.69) is 11.9 Å². The first-order valence-electron chi connectivity index (χ1n) is 6.53. The van der Waals surface area contributed by atoms with Crippen LogP contribution in [0.3, 0.4) is 0 Å². The van der Waals surface area contributed by atoms with Crippen LogP contribution in [0.1, 0.15) is 51.1 Å². The molecule has 1 saturated carbocycles. The smallest absolute Gasteiger partial charge is 0.213 e. The van der Waals surface area contributed by atoms with Gasteiger partial charge in [0.1, 0.15) is 6.10 Å². The maximum atomic E-state index is 5.89. The molecule has 0 spiro atoms. The standard InChI is InChI=1S/C14H22N2O/c1-10-3-6-13(7-4-10)17-14-8-5-12(9-16-14)11(2)15/h5,8-11,13H,3-4,6-7,15H2,1-2H3/t10?,11-,13?/m0/s1. The highest BCUT2D eigenvalue weighted by atomic mass is 16.5. The van der Waals surface area contributed by atoms with Crippen LogP contribution in [0.15, 0.2) is 18.3 Å². The quantitative estimate of drug-likeness (QED) is 0.874.